The zero-order chi connectivity index (χ0) is 20.1. The van der Waals surface area contributed by atoms with Crippen molar-refractivity contribution in [1.82, 2.24) is 10.1 Å². The van der Waals surface area contributed by atoms with Crippen LogP contribution in [0.4, 0.5) is 13.2 Å². The number of hydrogen-bond donors (Lipinski definition) is 0. The molecule has 10 heteroatoms. The Morgan fingerprint density at radius 3 is 2.29 bits per heavy atom. The molecule has 0 atom stereocenters. The molecule has 28 heavy (non-hydrogen) atoms. The molecule has 7 nitrogen and oxygen atoms in total. The first-order chi connectivity index (χ1) is 13.3. The summed E-state index contributed by atoms with van der Waals surface area (Å²) in [5.74, 6) is -0.153. The van der Waals surface area contributed by atoms with Crippen molar-refractivity contribution in [2.24, 2.45) is 0 Å². The number of esters is 1. The number of ether oxygens (including phenoxy) is 3. The van der Waals surface area contributed by atoms with Crippen molar-refractivity contribution in [2.45, 2.75) is 13.0 Å². The Kier molecular flexibility index (Phi) is 5.48. The van der Waals surface area contributed by atoms with Gasteiger partial charge in [0.15, 0.2) is 6.61 Å². The van der Waals surface area contributed by atoms with Gasteiger partial charge in [-0.05, 0) is 48.5 Å². The largest absolute Gasteiger partial charge is 0.573 e. The van der Waals surface area contributed by atoms with Crippen LogP contribution in [0.25, 0.3) is 11.4 Å². The molecular formula is C18H13F3N2O5. The summed E-state index contributed by atoms with van der Waals surface area (Å²) in [5, 5.41) is 3.80. The summed E-state index contributed by atoms with van der Waals surface area (Å²) in [6, 6.07) is 11.3. The van der Waals surface area contributed by atoms with Crippen molar-refractivity contribution in [1.29, 1.82) is 0 Å². The van der Waals surface area contributed by atoms with Crippen molar-refractivity contribution in [3.8, 4) is 22.9 Å². The van der Waals surface area contributed by atoms with Gasteiger partial charge in [0.2, 0.25) is 5.82 Å². The summed E-state index contributed by atoms with van der Waals surface area (Å²) < 4.78 is 55.2. The lowest BCUT2D eigenvalue weighted by Crippen LogP contribution is -2.17. The Hall–Kier alpha value is -3.56. The molecule has 3 aromatic rings. The molecule has 0 amide bonds. The van der Waals surface area contributed by atoms with Gasteiger partial charge in [-0.15, -0.1) is 13.2 Å². The number of aromatic nitrogens is 2. The Balaban J connectivity index is 1.58. The van der Waals surface area contributed by atoms with Crippen molar-refractivity contribution in [3.63, 3.8) is 0 Å². The summed E-state index contributed by atoms with van der Waals surface area (Å²) in [4.78, 5) is 16.1. The third-order valence-electron chi connectivity index (χ3n) is 3.47. The molecule has 0 saturated carbocycles. The van der Waals surface area contributed by atoms with E-state index in [4.69, 9.17) is 14.0 Å². The maximum atomic E-state index is 12.1. The summed E-state index contributed by atoms with van der Waals surface area (Å²) in [6.45, 7) is -0.289. The van der Waals surface area contributed by atoms with E-state index in [-0.39, 0.29) is 18.1 Å². The Bertz CT molecular complexity index is 937. The predicted molar refractivity (Wildman–Crippen MR) is 88.5 cm³/mol. The van der Waals surface area contributed by atoms with E-state index in [1.807, 2.05) is 0 Å². The smallest absolute Gasteiger partial charge is 0.497 e. The van der Waals surface area contributed by atoms with Crippen molar-refractivity contribution >= 4 is 5.97 Å². The van der Waals surface area contributed by atoms with Crippen LogP contribution in [0.1, 0.15) is 16.2 Å². The molecule has 0 saturated heterocycles. The van der Waals surface area contributed by atoms with E-state index < -0.39 is 18.1 Å². The quantitative estimate of drug-likeness (QED) is 0.584. The summed E-state index contributed by atoms with van der Waals surface area (Å²) >= 11 is 0. The summed E-state index contributed by atoms with van der Waals surface area (Å²) in [7, 11) is 1.55. The molecule has 0 aliphatic carbocycles. The monoisotopic (exact) mass is 394 g/mol. The zero-order valence-electron chi connectivity index (χ0n) is 14.4. The number of halogens is 3. The van der Waals surface area contributed by atoms with Crippen LogP contribution in [0.3, 0.4) is 0 Å². The van der Waals surface area contributed by atoms with Crippen molar-refractivity contribution in [3.05, 3.63) is 60.0 Å². The van der Waals surface area contributed by atoms with Crippen LogP contribution < -0.4 is 9.47 Å². The van der Waals surface area contributed by atoms with Crippen LogP contribution in [0.2, 0.25) is 0 Å². The molecule has 1 heterocycles. The number of hydrogen-bond acceptors (Lipinski definition) is 7. The molecule has 0 aliphatic rings. The fourth-order valence-electron chi connectivity index (χ4n) is 2.17. The molecule has 0 bridgehead atoms. The van der Waals surface area contributed by atoms with E-state index in [1.54, 1.807) is 31.4 Å². The van der Waals surface area contributed by atoms with Crippen LogP contribution in [0.15, 0.2) is 53.1 Å². The Morgan fingerprint density at radius 1 is 1.04 bits per heavy atom. The number of nitrogens with zero attached hydrogens (tertiary/aromatic N) is 2. The SMILES string of the molecule is COc1ccc(-c2noc(COC(=O)c3ccc(OC(F)(F)F)cc3)n2)cc1. The predicted octanol–water partition coefficient (Wildman–Crippen LogP) is 4.00. The second-order valence-electron chi connectivity index (χ2n) is 5.39. The molecule has 3 rings (SSSR count). The molecular weight excluding hydrogens is 381 g/mol. The van der Waals surface area contributed by atoms with Gasteiger partial charge in [-0.2, -0.15) is 4.98 Å². The van der Waals surface area contributed by atoms with Crippen LogP contribution in [-0.4, -0.2) is 29.6 Å². The lowest BCUT2D eigenvalue weighted by atomic mass is 10.2. The van der Waals surface area contributed by atoms with Crippen molar-refractivity contribution < 1.29 is 36.7 Å². The standard InChI is InChI=1S/C18H13F3N2O5/c1-25-13-6-2-11(3-7-13)16-22-15(28-23-16)10-26-17(24)12-4-8-14(9-5-12)27-18(19,20)21/h2-9H,10H2,1H3. The van der Waals surface area contributed by atoms with Gasteiger partial charge >= 0.3 is 12.3 Å². The average molecular weight is 394 g/mol. The van der Waals surface area contributed by atoms with Crippen LogP contribution in [0.5, 0.6) is 11.5 Å². The Morgan fingerprint density at radius 2 is 1.68 bits per heavy atom. The average Bonchev–Trinajstić information content (AvgIpc) is 3.14. The molecule has 0 N–H and O–H groups in total. The lowest BCUT2D eigenvalue weighted by Gasteiger charge is -2.08. The second kappa shape index (κ2) is 7.99. The highest BCUT2D eigenvalue weighted by molar-refractivity contribution is 5.89. The van der Waals surface area contributed by atoms with E-state index in [0.717, 1.165) is 24.3 Å². The first kappa shape index (κ1) is 19.2. The van der Waals surface area contributed by atoms with E-state index in [9.17, 15) is 18.0 Å². The number of carbonyl (C=O) groups excluding carboxylic acids is 1. The van der Waals surface area contributed by atoms with Gasteiger partial charge in [-0.3, -0.25) is 0 Å². The van der Waals surface area contributed by atoms with E-state index >= 15 is 0 Å². The number of benzene rings is 2. The zero-order valence-corrected chi connectivity index (χ0v) is 14.4. The van der Waals surface area contributed by atoms with Crippen LogP contribution >= 0.6 is 0 Å². The van der Waals surface area contributed by atoms with Crippen molar-refractivity contribution in [2.75, 3.05) is 7.11 Å². The first-order valence-corrected chi connectivity index (χ1v) is 7.84. The number of carbonyl (C=O) groups is 1. The van der Waals surface area contributed by atoms with E-state index in [0.29, 0.717) is 17.1 Å². The van der Waals surface area contributed by atoms with Gasteiger partial charge < -0.3 is 18.7 Å². The maximum Gasteiger partial charge on any atom is 0.573 e. The minimum Gasteiger partial charge on any atom is -0.497 e. The molecule has 0 radical (unpaired) electrons. The van der Waals surface area contributed by atoms with Gasteiger partial charge in [-0.1, -0.05) is 5.16 Å². The Labute approximate surface area is 156 Å². The minimum absolute atomic E-state index is 0.0458. The third kappa shape index (κ3) is 5.00. The van der Waals surface area contributed by atoms with Gasteiger partial charge in [-0.25, -0.2) is 4.79 Å². The third-order valence-corrected chi connectivity index (χ3v) is 3.47. The topological polar surface area (TPSA) is 83.7 Å². The normalized spacial score (nSPS) is 11.1. The van der Waals surface area contributed by atoms with Gasteiger partial charge in [0, 0.05) is 5.56 Å². The summed E-state index contributed by atoms with van der Waals surface area (Å²) in [6.07, 6.45) is -4.80. The van der Waals surface area contributed by atoms with Crippen LogP contribution in [0, 0.1) is 0 Å². The molecule has 0 aliphatic heterocycles. The first-order valence-electron chi connectivity index (χ1n) is 7.84. The number of alkyl halides is 3. The second-order valence-corrected chi connectivity index (χ2v) is 5.39. The van der Waals surface area contributed by atoms with Crippen LogP contribution in [-0.2, 0) is 11.3 Å². The molecule has 0 unspecified atom stereocenters. The maximum absolute atomic E-state index is 12.1. The summed E-state index contributed by atoms with van der Waals surface area (Å²) in [5.41, 5.74) is 0.729. The van der Waals surface area contributed by atoms with Gasteiger partial charge in [0.25, 0.3) is 5.89 Å². The molecule has 1 aromatic heterocycles. The highest BCUT2D eigenvalue weighted by Gasteiger charge is 2.31. The molecule has 2 aromatic carbocycles. The fraction of sp³-hybridized carbons (Fsp3) is 0.167. The minimum atomic E-state index is -4.80. The molecule has 0 spiro atoms. The lowest BCUT2D eigenvalue weighted by molar-refractivity contribution is -0.274. The number of methoxy groups -OCH3 is 1. The van der Waals surface area contributed by atoms with Gasteiger partial charge in [0.05, 0.1) is 12.7 Å². The highest BCUT2D eigenvalue weighted by Crippen LogP contribution is 2.23. The van der Waals surface area contributed by atoms with E-state index in [1.165, 1.54) is 0 Å². The van der Waals surface area contributed by atoms with E-state index in [2.05, 4.69) is 14.9 Å². The highest BCUT2D eigenvalue weighted by atomic mass is 19.4. The number of rotatable bonds is 6. The molecule has 0 fully saturated rings. The van der Waals surface area contributed by atoms with Gasteiger partial charge in [0.1, 0.15) is 11.5 Å². The fourth-order valence-corrected chi connectivity index (χ4v) is 2.17. The molecule has 146 valence electrons.